The molecule has 118 valence electrons. The lowest BCUT2D eigenvalue weighted by atomic mass is 9.82. The van der Waals surface area contributed by atoms with Gasteiger partial charge in [-0.05, 0) is 39.5 Å². The summed E-state index contributed by atoms with van der Waals surface area (Å²) in [5.41, 5.74) is -0.984. The molecule has 1 heterocycles. The second-order valence-electron chi connectivity index (χ2n) is 6.13. The van der Waals surface area contributed by atoms with Gasteiger partial charge in [-0.25, -0.2) is 4.79 Å². The van der Waals surface area contributed by atoms with Crippen molar-refractivity contribution in [2.75, 3.05) is 13.2 Å². The second-order valence-corrected chi connectivity index (χ2v) is 6.13. The summed E-state index contributed by atoms with van der Waals surface area (Å²) in [6.07, 6.45) is 4.50. The van der Waals surface area contributed by atoms with E-state index in [2.05, 4.69) is 5.32 Å². The Morgan fingerprint density at radius 3 is 2.48 bits per heavy atom. The molecule has 21 heavy (non-hydrogen) atoms. The van der Waals surface area contributed by atoms with Gasteiger partial charge in [-0.2, -0.15) is 0 Å². The number of ether oxygens (including phenoxy) is 1. The van der Waals surface area contributed by atoms with Crippen molar-refractivity contribution in [3.63, 3.8) is 0 Å². The molecule has 1 saturated heterocycles. The minimum atomic E-state index is -0.984. The first-order valence-electron chi connectivity index (χ1n) is 7.76. The van der Waals surface area contributed by atoms with Gasteiger partial charge in [0.05, 0.1) is 6.10 Å². The Hall–Kier alpha value is -1.43. The lowest BCUT2D eigenvalue weighted by Crippen LogP contribution is -2.63. The number of carbonyl (C=O) groups is 3. The van der Waals surface area contributed by atoms with Crippen molar-refractivity contribution >= 4 is 17.8 Å². The lowest BCUT2D eigenvalue weighted by molar-refractivity contribution is -0.151. The van der Waals surface area contributed by atoms with Crippen molar-refractivity contribution in [1.29, 1.82) is 0 Å². The first kappa shape index (κ1) is 15.9. The van der Waals surface area contributed by atoms with E-state index in [0.717, 1.165) is 19.3 Å². The van der Waals surface area contributed by atoms with Crippen LogP contribution in [0, 0.1) is 5.41 Å². The summed E-state index contributed by atoms with van der Waals surface area (Å²) in [4.78, 5) is 37.7. The molecule has 2 fully saturated rings. The Kier molecular flexibility index (Phi) is 4.98. The molecule has 0 aromatic carbocycles. The van der Waals surface area contributed by atoms with E-state index in [1.165, 1.54) is 4.90 Å². The summed E-state index contributed by atoms with van der Waals surface area (Å²) >= 11 is 0. The van der Waals surface area contributed by atoms with Gasteiger partial charge < -0.3 is 4.74 Å². The van der Waals surface area contributed by atoms with E-state index in [9.17, 15) is 14.4 Å². The maximum absolute atomic E-state index is 12.6. The summed E-state index contributed by atoms with van der Waals surface area (Å²) in [6.45, 7) is 4.90. The maximum Gasteiger partial charge on any atom is 0.330 e. The predicted octanol–water partition coefficient (Wildman–Crippen LogP) is 1.83. The fourth-order valence-corrected chi connectivity index (χ4v) is 3.05. The zero-order chi connectivity index (χ0) is 15.5. The van der Waals surface area contributed by atoms with Crippen LogP contribution < -0.4 is 5.32 Å². The molecule has 6 heteroatoms. The Morgan fingerprint density at radius 1 is 1.19 bits per heavy atom. The molecule has 1 N–H and O–H groups in total. The van der Waals surface area contributed by atoms with Gasteiger partial charge in [0.1, 0.15) is 5.41 Å². The number of hydrogen-bond donors (Lipinski definition) is 1. The van der Waals surface area contributed by atoms with Crippen molar-refractivity contribution < 1.29 is 19.1 Å². The Labute approximate surface area is 125 Å². The summed E-state index contributed by atoms with van der Waals surface area (Å²) < 4.78 is 5.44. The summed E-state index contributed by atoms with van der Waals surface area (Å²) in [6, 6.07) is -0.577. The standard InChI is InChI=1S/C15H24N2O4/c1-11(2)21-10-6-5-9-17-13(19)15(7-3-4-8-15)12(18)16-14(17)20/h11H,3-10H2,1-2H3,(H,16,18,20). The fourth-order valence-electron chi connectivity index (χ4n) is 3.05. The second kappa shape index (κ2) is 6.56. The normalized spacial score (nSPS) is 21.5. The van der Waals surface area contributed by atoms with E-state index in [0.29, 0.717) is 32.4 Å². The predicted molar refractivity (Wildman–Crippen MR) is 76.5 cm³/mol. The highest BCUT2D eigenvalue weighted by molar-refractivity contribution is 6.19. The van der Waals surface area contributed by atoms with Crippen LogP contribution in [0.15, 0.2) is 0 Å². The number of hydrogen-bond acceptors (Lipinski definition) is 4. The molecular formula is C15H24N2O4. The molecule has 1 saturated carbocycles. The zero-order valence-electron chi connectivity index (χ0n) is 12.8. The Bertz CT molecular complexity index is 427. The largest absolute Gasteiger partial charge is 0.379 e. The number of nitrogens with one attached hydrogen (secondary N) is 1. The van der Waals surface area contributed by atoms with Crippen molar-refractivity contribution in [1.82, 2.24) is 10.2 Å². The number of unbranched alkanes of at least 4 members (excludes halogenated alkanes) is 1. The van der Waals surface area contributed by atoms with Crippen LogP contribution in [-0.4, -0.2) is 42.0 Å². The lowest BCUT2D eigenvalue weighted by Gasteiger charge is -2.36. The van der Waals surface area contributed by atoms with E-state index in [1.807, 2.05) is 13.8 Å². The van der Waals surface area contributed by atoms with E-state index in [4.69, 9.17) is 4.74 Å². The van der Waals surface area contributed by atoms with Gasteiger partial charge in [0.15, 0.2) is 0 Å². The number of imide groups is 2. The van der Waals surface area contributed by atoms with Crippen LogP contribution in [0.4, 0.5) is 4.79 Å². The average molecular weight is 296 g/mol. The maximum atomic E-state index is 12.6. The van der Waals surface area contributed by atoms with Gasteiger partial charge in [-0.1, -0.05) is 12.8 Å². The van der Waals surface area contributed by atoms with Crippen LogP contribution in [0.1, 0.15) is 52.4 Å². The van der Waals surface area contributed by atoms with Gasteiger partial charge >= 0.3 is 6.03 Å². The first-order valence-corrected chi connectivity index (χ1v) is 7.76. The molecule has 0 aromatic heterocycles. The van der Waals surface area contributed by atoms with Crippen LogP contribution in [0.5, 0.6) is 0 Å². The van der Waals surface area contributed by atoms with Crippen molar-refractivity contribution in [3.8, 4) is 0 Å². The third-order valence-corrected chi connectivity index (χ3v) is 4.24. The van der Waals surface area contributed by atoms with Crippen molar-refractivity contribution in [2.45, 2.75) is 58.5 Å². The highest BCUT2D eigenvalue weighted by Crippen LogP contribution is 2.41. The number of rotatable bonds is 6. The smallest absolute Gasteiger partial charge is 0.330 e. The number of carbonyl (C=O) groups excluding carboxylic acids is 3. The van der Waals surface area contributed by atoms with Crippen molar-refractivity contribution in [3.05, 3.63) is 0 Å². The molecular weight excluding hydrogens is 272 g/mol. The highest BCUT2D eigenvalue weighted by Gasteiger charge is 2.54. The molecule has 0 unspecified atom stereocenters. The SMILES string of the molecule is CC(C)OCCCCN1C(=O)NC(=O)C2(CCCC2)C1=O. The van der Waals surface area contributed by atoms with Gasteiger partial charge in [0, 0.05) is 13.2 Å². The van der Waals surface area contributed by atoms with Crippen molar-refractivity contribution in [2.24, 2.45) is 5.41 Å². The minimum Gasteiger partial charge on any atom is -0.379 e. The molecule has 2 rings (SSSR count). The van der Waals surface area contributed by atoms with Crippen LogP contribution in [0.25, 0.3) is 0 Å². The first-order chi connectivity index (χ1) is 9.97. The summed E-state index contributed by atoms with van der Waals surface area (Å²) in [7, 11) is 0. The Balaban J connectivity index is 1.91. The van der Waals surface area contributed by atoms with Gasteiger partial charge in [-0.15, -0.1) is 0 Å². The van der Waals surface area contributed by atoms with Crippen LogP contribution >= 0.6 is 0 Å². The number of barbiturate groups is 1. The number of amides is 4. The molecule has 1 aliphatic heterocycles. The third-order valence-electron chi connectivity index (χ3n) is 4.24. The van der Waals surface area contributed by atoms with Gasteiger partial charge in [0.25, 0.3) is 0 Å². The average Bonchev–Trinajstić information content (AvgIpc) is 2.90. The molecule has 0 aromatic rings. The Morgan fingerprint density at radius 2 is 1.86 bits per heavy atom. The van der Waals surface area contributed by atoms with Crippen LogP contribution in [0.2, 0.25) is 0 Å². The molecule has 0 radical (unpaired) electrons. The fraction of sp³-hybridized carbons (Fsp3) is 0.800. The monoisotopic (exact) mass is 296 g/mol. The summed E-state index contributed by atoms with van der Waals surface area (Å²) in [5.74, 6) is -0.715. The molecule has 0 atom stereocenters. The minimum absolute atomic E-state index is 0.185. The highest BCUT2D eigenvalue weighted by atomic mass is 16.5. The molecule has 1 spiro atoms. The van der Waals surface area contributed by atoms with E-state index in [-0.39, 0.29) is 12.0 Å². The van der Waals surface area contributed by atoms with Crippen LogP contribution in [-0.2, 0) is 14.3 Å². The third kappa shape index (κ3) is 3.26. The number of urea groups is 1. The topological polar surface area (TPSA) is 75.7 Å². The molecule has 6 nitrogen and oxygen atoms in total. The molecule has 1 aliphatic carbocycles. The van der Waals surface area contributed by atoms with Gasteiger partial charge in [-0.3, -0.25) is 19.8 Å². The van der Waals surface area contributed by atoms with E-state index >= 15 is 0 Å². The van der Waals surface area contributed by atoms with Gasteiger partial charge in [0.2, 0.25) is 11.8 Å². The van der Waals surface area contributed by atoms with Crippen LogP contribution in [0.3, 0.4) is 0 Å². The molecule has 4 amide bonds. The molecule has 0 bridgehead atoms. The quantitative estimate of drug-likeness (QED) is 0.599. The summed E-state index contributed by atoms with van der Waals surface area (Å²) in [5, 5.41) is 2.35. The zero-order valence-corrected chi connectivity index (χ0v) is 12.8. The molecule has 2 aliphatic rings. The number of nitrogens with zero attached hydrogens (tertiary/aromatic N) is 1. The van der Waals surface area contributed by atoms with E-state index < -0.39 is 17.4 Å². The van der Waals surface area contributed by atoms with E-state index in [1.54, 1.807) is 0 Å².